The monoisotopic (exact) mass is 400 g/mol. The fourth-order valence-electron chi connectivity index (χ4n) is 2.91. The minimum absolute atomic E-state index is 0.0597. The molecule has 2 aromatic rings. The second kappa shape index (κ2) is 10.9. The van der Waals surface area contributed by atoms with E-state index in [1.54, 1.807) is 11.8 Å². The van der Waals surface area contributed by atoms with Crippen LogP contribution in [-0.2, 0) is 22.6 Å². The average Bonchev–Trinajstić information content (AvgIpc) is 2.71. The first kappa shape index (κ1) is 22.0. The number of nitrogens with one attached hydrogen (secondary N) is 1. The molecular weight excluding hydrogens is 372 g/mol. The van der Waals surface area contributed by atoms with Gasteiger partial charge in [0.25, 0.3) is 0 Å². The van der Waals surface area contributed by atoms with Gasteiger partial charge in [0.05, 0.1) is 0 Å². The Morgan fingerprint density at radius 3 is 2.32 bits per heavy atom. The lowest BCUT2D eigenvalue weighted by atomic mass is 10.1. The van der Waals surface area contributed by atoms with Gasteiger partial charge >= 0.3 is 0 Å². The number of carbonyl (C=O) groups excluding carboxylic acids is 2. The van der Waals surface area contributed by atoms with Crippen LogP contribution in [0.15, 0.2) is 54.6 Å². The van der Waals surface area contributed by atoms with E-state index in [0.717, 1.165) is 17.5 Å². The molecule has 28 heavy (non-hydrogen) atoms. The first-order chi connectivity index (χ1) is 13.4. The number of nitrogens with zero attached hydrogens (tertiary/aromatic N) is 1. The lowest BCUT2D eigenvalue weighted by molar-refractivity contribution is -0.140. The molecule has 0 fully saturated rings. The predicted octanol–water partition coefficient (Wildman–Crippen LogP) is 4.60. The van der Waals surface area contributed by atoms with Crippen LogP contribution in [0.4, 0.5) is 0 Å². The fourth-order valence-corrected chi connectivity index (χ4v) is 3.14. The highest BCUT2D eigenvalue weighted by Crippen LogP contribution is 2.18. The van der Waals surface area contributed by atoms with E-state index in [0.29, 0.717) is 24.4 Å². The molecule has 0 aliphatic carbocycles. The summed E-state index contributed by atoms with van der Waals surface area (Å²) in [5.74, 6) is -0.188. The molecule has 2 unspecified atom stereocenters. The van der Waals surface area contributed by atoms with E-state index in [4.69, 9.17) is 11.6 Å². The smallest absolute Gasteiger partial charge is 0.242 e. The summed E-state index contributed by atoms with van der Waals surface area (Å²) in [7, 11) is 0. The van der Waals surface area contributed by atoms with Gasteiger partial charge in [-0.2, -0.15) is 0 Å². The SMILES string of the molecule is CCC(C)NC(=O)C(C)N(Cc1ccccc1)C(=O)CCc1ccccc1Cl. The van der Waals surface area contributed by atoms with Crippen molar-refractivity contribution in [3.05, 3.63) is 70.7 Å². The summed E-state index contributed by atoms with van der Waals surface area (Å²) in [6, 6.07) is 16.8. The lowest BCUT2D eigenvalue weighted by Gasteiger charge is -2.30. The zero-order chi connectivity index (χ0) is 20.5. The Bertz CT molecular complexity index is 779. The van der Waals surface area contributed by atoms with Crippen molar-refractivity contribution in [2.75, 3.05) is 0 Å². The number of amides is 2. The molecule has 150 valence electrons. The number of carbonyl (C=O) groups is 2. The van der Waals surface area contributed by atoms with Crippen LogP contribution in [0.5, 0.6) is 0 Å². The molecule has 4 nitrogen and oxygen atoms in total. The zero-order valence-electron chi connectivity index (χ0n) is 16.8. The van der Waals surface area contributed by atoms with Gasteiger partial charge in [-0.15, -0.1) is 0 Å². The Morgan fingerprint density at radius 2 is 1.68 bits per heavy atom. The minimum Gasteiger partial charge on any atom is -0.352 e. The number of benzene rings is 2. The van der Waals surface area contributed by atoms with E-state index in [-0.39, 0.29) is 17.9 Å². The zero-order valence-corrected chi connectivity index (χ0v) is 17.6. The molecule has 2 amide bonds. The van der Waals surface area contributed by atoms with Gasteiger partial charge in [0.1, 0.15) is 6.04 Å². The van der Waals surface area contributed by atoms with Gasteiger partial charge in [0.15, 0.2) is 0 Å². The second-order valence-electron chi connectivity index (χ2n) is 7.09. The minimum atomic E-state index is -0.548. The Kier molecular flexibility index (Phi) is 8.52. The van der Waals surface area contributed by atoms with Gasteiger partial charge in [-0.25, -0.2) is 0 Å². The quantitative estimate of drug-likeness (QED) is 0.668. The van der Waals surface area contributed by atoms with E-state index in [2.05, 4.69) is 5.32 Å². The number of hydrogen-bond donors (Lipinski definition) is 1. The molecule has 0 spiro atoms. The Balaban J connectivity index is 2.13. The van der Waals surface area contributed by atoms with Crippen molar-refractivity contribution >= 4 is 23.4 Å². The van der Waals surface area contributed by atoms with Crippen molar-refractivity contribution in [1.29, 1.82) is 0 Å². The first-order valence-corrected chi connectivity index (χ1v) is 10.2. The lowest BCUT2D eigenvalue weighted by Crippen LogP contribution is -2.49. The van der Waals surface area contributed by atoms with Crippen LogP contribution in [-0.4, -0.2) is 28.8 Å². The van der Waals surface area contributed by atoms with E-state index < -0.39 is 6.04 Å². The van der Waals surface area contributed by atoms with Crippen LogP contribution in [0.3, 0.4) is 0 Å². The topological polar surface area (TPSA) is 49.4 Å². The van der Waals surface area contributed by atoms with Crippen molar-refractivity contribution in [3.8, 4) is 0 Å². The van der Waals surface area contributed by atoms with Gasteiger partial charge in [-0.3, -0.25) is 9.59 Å². The molecule has 0 bridgehead atoms. The summed E-state index contributed by atoms with van der Waals surface area (Å²) in [6.45, 7) is 6.17. The van der Waals surface area contributed by atoms with Crippen LogP contribution in [0.25, 0.3) is 0 Å². The number of halogens is 1. The molecule has 0 radical (unpaired) electrons. The normalized spacial score (nSPS) is 12.9. The summed E-state index contributed by atoms with van der Waals surface area (Å²) in [4.78, 5) is 27.3. The molecule has 0 aromatic heterocycles. The maximum atomic E-state index is 13.0. The Labute approximate surface area is 172 Å². The third-order valence-corrected chi connectivity index (χ3v) is 5.30. The largest absolute Gasteiger partial charge is 0.352 e. The summed E-state index contributed by atoms with van der Waals surface area (Å²) >= 11 is 6.21. The van der Waals surface area contributed by atoms with E-state index in [9.17, 15) is 9.59 Å². The van der Waals surface area contributed by atoms with Crippen LogP contribution >= 0.6 is 11.6 Å². The van der Waals surface area contributed by atoms with E-state index in [1.807, 2.05) is 68.4 Å². The number of hydrogen-bond acceptors (Lipinski definition) is 2. The highest BCUT2D eigenvalue weighted by atomic mass is 35.5. The Hall–Kier alpha value is -2.33. The molecule has 0 heterocycles. The highest BCUT2D eigenvalue weighted by molar-refractivity contribution is 6.31. The van der Waals surface area contributed by atoms with E-state index in [1.165, 1.54) is 0 Å². The number of rotatable bonds is 9. The van der Waals surface area contributed by atoms with Gasteiger partial charge < -0.3 is 10.2 Å². The van der Waals surface area contributed by atoms with Crippen molar-refractivity contribution in [2.24, 2.45) is 0 Å². The van der Waals surface area contributed by atoms with Crippen molar-refractivity contribution in [3.63, 3.8) is 0 Å². The van der Waals surface area contributed by atoms with E-state index >= 15 is 0 Å². The average molecular weight is 401 g/mol. The van der Waals surface area contributed by atoms with Gasteiger partial charge in [-0.05, 0) is 43.9 Å². The van der Waals surface area contributed by atoms with Gasteiger partial charge in [0.2, 0.25) is 11.8 Å². The van der Waals surface area contributed by atoms with Crippen molar-refractivity contribution in [1.82, 2.24) is 10.2 Å². The second-order valence-corrected chi connectivity index (χ2v) is 7.50. The molecule has 0 aliphatic rings. The summed E-state index contributed by atoms with van der Waals surface area (Å²) in [5, 5.41) is 3.64. The van der Waals surface area contributed by atoms with Crippen molar-refractivity contribution < 1.29 is 9.59 Å². The van der Waals surface area contributed by atoms with Crippen LogP contribution in [0.1, 0.15) is 44.7 Å². The molecule has 0 aliphatic heterocycles. The summed E-state index contributed by atoms with van der Waals surface area (Å²) < 4.78 is 0. The van der Waals surface area contributed by atoms with Crippen molar-refractivity contribution in [2.45, 2.75) is 58.7 Å². The molecule has 5 heteroatoms. The van der Waals surface area contributed by atoms with Crippen LogP contribution in [0, 0.1) is 0 Å². The molecule has 0 saturated carbocycles. The number of aryl methyl sites for hydroxylation is 1. The molecule has 0 saturated heterocycles. The molecule has 2 aromatic carbocycles. The maximum absolute atomic E-state index is 13.0. The predicted molar refractivity (Wildman–Crippen MR) is 114 cm³/mol. The highest BCUT2D eigenvalue weighted by Gasteiger charge is 2.26. The molecule has 1 N–H and O–H groups in total. The summed E-state index contributed by atoms with van der Waals surface area (Å²) in [6.07, 6.45) is 1.69. The standard InChI is InChI=1S/C23H29ClN2O2/c1-4-17(2)25-23(28)18(3)26(16-19-10-6-5-7-11-19)22(27)15-14-20-12-8-9-13-21(20)24/h5-13,17-18H,4,14-16H2,1-3H3,(H,25,28). The first-order valence-electron chi connectivity index (χ1n) is 9.79. The fraction of sp³-hybridized carbons (Fsp3) is 0.391. The van der Waals surface area contributed by atoms with Crippen LogP contribution < -0.4 is 5.32 Å². The maximum Gasteiger partial charge on any atom is 0.242 e. The summed E-state index contributed by atoms with van der Waals surface area (Å²) in [5.41, 5.74) is 1.94. The third kappa shape index (κ3) is 6.38. The molecule has 2 rings (SSSR count). The molecular formula is C23H29ClN2O2. The van der Waals surface area contributed by atoms with Gasteiger partial charge in [0, 0.05) is 24.0 Å². The third-order valence-electron chi connectivity index (χ3n) is 4.93. The van der Waals surface area contributed by atoms with Crippen LogP contribution in [0.2, 0.25) is 5.02 Å². The molecule has 2 atom stereocenters. The Morgan fingerprint density at radius 1 is 1.04 bits per heavy atom. The van der Waals surface area contributed by atoms with Gasteiger partial charge in [-0.1, -0.05) is 67.1 Å².